The largest absolute Gasteiger partial charge is 0.352 e. The van der Waals surface area contributed by atoms with Gasteiger partial charge in [0, 0.05) is 42.3 Å². The Morgan fingerprint density at radius 2 is 2.08 bits per heavy atom. The normalized spacial score (nSPS) is 18.5. The highest BCUT2D eigenvalue weighted by Gasteiger charge is 2.30. The van der Waals surface area contributed by atoms with Gasteiger partial charge in [-0.3, -0.25) is 5.10 Å². The molecule has 1 atom stereocenters. The molecule has 0 aliphatic carbocycles. The highest BCUT2D eigenvalue weighted by Crippen LogP contribution is 2.26. The third-order valence-corrected chi connectivity index (χ3v) is 5.09. The van der Waals surface area contributed by atoms with Crippen molar-refractivity contribution in [2.45, 2.75) is 33.7 Å². The summed E-state index contributed by atoms with van der Waals surface area (Å²) in [5.41, 5.74) is 3.15. The summed E-state index contributed by atoms with van der Waals surface area (Å²) in [6.45, 7) is 11.6. The van der Waals surface area contributed by atoms with Crippen molar-refractivity contribution >= 4 is 16.7 Å². The van der Waals surface area contributed by atoms with Crippen LogP contribution in [0.1, 0.15) is 26.5 Å². The predicted molar refractivity (Wildman–Crippen MR) is 103 cm³/mol. The average Bonchev–Trinajstić information content (AvgIpc) is 3.02. The minimum Gasteiger partial charge on any atom is -0.352 e. The van der Waals surface area contributed by atoms with Crippen molar-refractivity contribution in [2.24, 2.45) is 5.41 Å². The molecule has 26 heavy (non-hydrogen) atoms. The molecule has 1 aliphatic heterocycles. The fraction of sp³-hybridized carbons (Fsp3) is 0.474. The molecule has 0 spiro atoms. The van der Waals surface area contributed by atoms with Gasteiger partial charge in [0.25, 0.3) is 0 Å². The van der Waals surface area contributed by atoms with Crippen molar-refractivity contribution in [1.29, 1.82) is 0 Å². The first kappa shape index (κ1) is 16.9. The summed E-state index contributed by atoms with van der Waals surface area (Å²) < 4.78 is 0. The molecule has 1 fully saturated rings. The van der Waals surface area contributed by atoms with Crippen molar-refractivity contribution in [3.05, 3.63) is 30.1 Å². The number of rotatable bonds is 2. The van der Waals surface area contributed by atoms with Gasteiger partial charge in [0.15, 0.2) is 11.6 Å². The second-order valence-electron chi connectivity index (χ2n) is 8.04. The number of anilines is 1. The summed E-state index contributed by atoms with van der Waals surface area (Å²) >= 11 is 0. The molecule has 2 N–H and O–H groups in total. The number of nitrogens with one attached hydrogen (secondary N) is 2. The van der Waals surface area contributed by atoms with Gasteiger partial charge in [0.05, 0.1) is 11.7 Å². The molecule has 0 saturated carbocycles. The van der Waals surface area contributed by atoms with E-state index in [4.69, 9.17) is 4.98 Å². The van der Waals surface area contributed by atoms with Gasteiger partial charge >= 0.3 is 0 Å². The van der Waals surface area contributed by atoms with E-state index in [9.17, 15) is 0 Å². The van der Waals surface area contributed by atoms with Gasteiger partial charge in [-0.1, -0.05) is 20.8 Å². The van der Waals surface area contributed by atoms with E-state index in [0.29, 0.717) is 11.9 Å². The van der Waals surface area contributed by atoms with Gasteiger partial charge in [-0.2, -0.15) is 10.2 Å². The lowest BCUT2D eigenvalue weighted by atomic mass is 9.85. The van der Waals surface area contributed by atoms with Crippen LogP contribution >= 0.6 is 0 Å². The Balaban J connectivity index is 1.64. The van der Waals surface area contributed by atoms with Gasteiger partial charge in [0.1, 0.15) is 0 Å². The maximum absolute atomic E-state index is 4.80. The Morgan fingerprint density at radius 1 is 1.23 bits per heavy atom. The number of aromatic amines is 1. The molecule has 3 aromatic rings. The van der Waals surface area contributed by atoms with Crippen molar-refractivity contribution in [3.8, 4) is 11.4 Å². The third-order valence-electron chi connectivity index (χ3n) is 5.09. The van der Waals surface area contributed by atoms with Crippen LogP contribution in [-0.4, -0.2) is 51.1 Å². The first-order valence-corrected chi connectivity index (χ1v) is 9.05. The number of hydrogen-bond acceptors (Lipinski definition) is 6. The monoisotopic (exact) mass is 351 g/mol. The van der Waals surface area contributed by atoms with E-state index in [1.807, 2.05) is 19.1 Å². The van der Waals surface area contributed by atoms with E-state index < -0.39 is 0 Å². The van der Waals surface area contributed by atoms with E-state index in [1.54, 1.807) is 6.20 Å². The Kier molecular flexibility index (Phi) is 4.11. The number of hydrogen-bond donors (Lipinski definition) is 2. The fourth-order valence-corrected chi connectivity index (χ4v) is 3.38. The van der Waals surface area contributed by atoms with Crippen LogP contribution in [0.3, 0.4) is 0 Å². The third kappa shape index (κ3) is 3.14. The van der Waals surface area contributed by atoms with Crippen LogP contribution in [0.4, 0.5) is 5.82 Å². The summed E-state index contributed by atoms with van der Waals surface area (Å²) in [6, 6.07) is 6.48. The van der Waals surface area contributed by atoms with Gasteiger partial charge in [-0.05, 0) is 30.5 Å². The van der Waals surface area contributed by atoms with Crippen molar-refractivity contribution in [3.63, 3.8) is 0 Å². The van der Waals surface area contributed by atoms with Crippen LogP contribution in [-0.2, 0) is 0 Å². The second-order valence-corrected chi connectivity index (χ2v) is 8.04. The summed E-state index contributed by atoms with van der Waals surface area (Å²) in [4.78, 5) is 7.10. The van der Waals surface area contributed by atoms with Crippen molar-refractivity contribution in [2.75, 3.05) is 24.5 Å². The minimum atomic E-state index is 0.200. The molecule has 1 saturated heterocycles. The summed E-state index contributed by atoms with van der Waals surface area (Å²) in [7, 11) is 0. The highest BCUT2D eigenvalue weighted by atomic mass is 15.3. The molecular weight excluding hydrogens is 326 g/mol. The average molecular weight is 351 g/mol. The molecule has 7 nitrogen and oxygen atoms in total. The summed E-state index contributed by atoms with van der Waals surface area (Å²) in [5, 5.41) is 20.5. The van der Waals surface area contributed by atoms with Gasteiger partial charge in [-0.15, -0.1) is 5.10 Å². The van der Waals surface area contributed by atoms with Crippen LogP contribution in [0.5, 0.6) is 0 Å². The number of aromatic nitrogens is 5. The molecule has 1 aromatic carbocycles. The SMILES string of the molecule is Cc1[nH]nc2ccc(-c3nncc(N4CCNC(C(C)(C)C)C4)n3)cc12. The lowest BCUT2D eigenvalue weighted by molar-refractivity contribution is 0.253. The molecule has 1 aliphatic rings. The Hall–Kier alpha value is -2.54. The number of benzene rings is 1. The quantitative estimate of drug-likeness (QED) is 0.738. The molecule has 136 valence electrons. The highest BCUT2D eigenvalue weighted by molar-refractivity contribution is 5.85. The topological polar surface area (TPSA) is 82.6 Å². The maximum atomic E-state index is 4.80. The molecule has 0 radical (unpaired) electrons. The molecule has 1 unspecified atom stereocenters. The van der Waals surface area contributed by atoms with E-state index in [-0.39, 0.29) is 5.41 Å². The van der Waals surface area contributed by atoms with Crippen molar-refractivity contribution < 1.29 is 0 Å². The van der Waals surface area contributed by atoms with Crippen LogP contribution in [0, 0.1) is 12.3 Å². The molecule has 0 amide bonds. The van der Waals surface area contributed by atoms with Crippen LogP contribution in [0.15, 0.2) is 24.4 Å². The van der Waals surface area contributed by atoms with E-state index in [1.165, 1.54) is 0 Å². The van der Waals surface area contributed by atoms with Gasteiger partial charge in [-0.25, -0.2) is 4.98 Å². The van der Waals surface area contributed by atoms with Crippen LogP contribution in [0.2, 0.25) is 0 Å². The van der Waals surface area contributed by atoms with Gasteiger partial charge in [0.2, 0.25) is 0 Å². The molecular formula is C19H25N7. The summed E-state index contributed by atoms with van der Waals surface area (Å²) in [5.74, 6) is 1.53. The zero-order valence-electron chi connectivity index (χ0n) is 15.7. The minimum absolute atomic E-state index is 0.200. The van der Waals surface area contributed by atoms with Gasteiger partial charge < -0.3 is 10.2 Å². The number of piperazine rings is 1. The zero-order chi connectivity index (χ0) is 18.3. The van der Waals surface area contributed by atoms with E-state index >= 15 is 0 Å². The number of aryl methyl sites for hydroxylation is 1. The van der Waals surface area contributed by atoms with Crippen LogP contribution < -0.4 is 10.2 Å². The number of fused-ring (bicyclic) bond motifs is 1. The maximum Gasteiger partial charge on any atom is 0.183 e. The van der Waals surface area contributed by atoms with E-state index in [2.05, 4.69) is 57.4 Å². The first-order valence-electron chi connectivity index (χ1n) is 9.05. The summed E-state index contributed by atoms with van der Waals surface area (Å²) in [6.07, 6.45) is 1.76. The first-order chi connectivity index (χ1) is 12.4. The van der Waals surface area contributed by atoms with Crippen LogP contribution in [0.25, 0.3) is 22.3 Å². The lowest BCUT2D eigenvalue weighted by Gasteiger charge is -2.40. The van der Waals surface area contributed by atoms with E-state index in [0.717, 1.165) is 47.6 Å². The second kappa shape index (κ2) is 6.32. The van der Waals surface area contributed by atoms with Crippen molar-refractivity contribution in [1.82, 2.24) is 30.7 Å². The molecule has 2 aromatic heterocycles. The predicted octanol–water partition coefficient (Wildman–Crippen LogP) is 2.55. The molecule has 0 bridgehead atoms. The zero-order valence-corrected chi connectivity index (χ0v) is 15.7. The fourth-order valence-electron chi connectivity index (χ4n) is 3.38. The molecule has 3 heterocycles. The lowest BCUT2D eigenvalue weighted by Crippen LogP contribution is -2.56. The Labute approximate surface area is 153 Å². The number of nitrogens with zero attached hydrogens (tertiary/aromatic N) is 5. The standard InChI is InChI=1S/C19H25N7/c1-12-14-9-13(5-6-15(14)24-23-12)18-22-17(10-21-25-18)26-8-7-20-16(11-26)19(2,3)4/h5-6,9-10,16,20H,7-8,11H2,1-4H3,(H,23,24). The number of H-pyrrole nitrogens is 1. The Morgan fingerprint density at radius 3 is 2.88 bits per heavy atom. The molecule has 4 rings (SSSR count). The molecule has 7 heteroatoms. The Bertz CT molecular complexity index is 925. The smallest absolute Gasteiger partial charge is 0.183 e.